The van der Waals surface area contributed by atoms with Crippen LogP contribution in [0.3, 0.4) is 0 Å². The molecule has 0 fully saturated rings. The smallest absolute Gasteiger partial charge is 0.307 e. The number of hydrogen-bond donors (Lipinski definition) is 2. The molecule has 29 heavy (non-hydrogen) atoms. The lowest BCUT2D eigenvalue weighted by Gasteiger charge is -2.07. The fourth-order valence-electron chi connectivity index (χ4n) is 2.94. The zero-order valence-corrected chi connectivity index (χ0v) is 17.6. The van der Waals surface area contributed by atoms with Crippen molar-refractivity contribution in [1.82, 2.24) is 9.71 Å². The van der Waals surface area contributed by atoms with Gasteiger partial charge in [-0.1, -0.05) is 17.7 Å². The largest absolute Gasteiger partial charge is 0.457 e. The molecule has 2 rings (SSSR count). The molecule has 1 heterocycles. The quantitative estimate of drug-likeness (QED) is 0.474. The van der Waals surface area contributed by atoms with Gasteiger partial charge in [0.05, 0.1) is 17.0 Å². The second-order valence-electron chi connectivity index (χ2n) is 6.73. The Labute approximate surface area is 169 Å². The Balaban J connectivity index is 1.86. The Morgan fingerprint density at radius 3 is 2.24 bits per heavy atom. The lowest BCUT2D eigenvalue weighted by atomic mass is 10.1. The average molecular weight is 420 g/mol. The minimum Gasteiger partial charge on any atom is -0.457 e. The van der Waals surface area contributed by atoms with E-state index < -0.39 is 28.4 Å². The molecule has 1 aromatic carbocycles. The van der Waals surface area contributed by atoms with Crippen molar-refractivity contribution in [3.63, 3.8) is 0 Å². The number of ketones is 2. The molecule has 0 aliphatic carbocycles. The Kier molecular flexibility index (Phi) is 7.10. The highest BCUT2D eigenvalue weighted by Crippen LogP contribution is 2.19. The molecule has 1 aromatic heterocycles. The van der Waals surface area contributed by atoms with E-state index >= 15 is 0 Å². The molecule has 0 atom stereocenters. The fourth-order valence-corrected chi connectivity index (χ4v) is 3.97. The van der Waals surface area contributed by atoms with E-state index in [1.54, 1.807) is 26.0 Å². The minimum absolute atomic E-state index is 0.102. The molecule has 0 saturated carbocycles. The molecular formula is C20H24N2O6S. The monoisotopic (exact) mass is 420 g/mol. The topological polar surface area (TPSA) is 122 Å². The number of aryl methyl sites for hydroxylation is 2. The zero-order valence-electron chi connectivity index (χ0n) is 16.8. The van der Waals surface area contributed by atoms with E-state index in [4.69, 9.17) is 4.74 Å². The van der Waals surface area contributed by atoms with Gasteiger partial charge in [0.1, 0.15) is 0 Å². The third-order valence-corrected chi connectivity index (χ3v) is 5.86. The Bertz CT molecular complexity index is 1040. The molecule has 0 aliphatic heterocycles. The van der Waals surface area contributed by atoms with Gasteiger partial charge >= 0.3 is 5.97 Å². The number of Topliss-reactive ketones (excluding diaryl/α,β-unsaturated/α-hetero) is 2. The van der Waals surface area contributed by atoms with Crippen LogP contribution in [0.1, 0.15) is 51.0 Å². The summed E-state index contributed by atoms with van der Waals surface area (Å²) in [5, 5.41) is 0. The van der Waals surface area contributed by atoms with E-state index in [9.17, 15) is 22.8 Å². The molecule has 2 aromatic rings. The van der Waals surface area contributed by atoms with Crippen LogP contribution in [0.4, 0.5) is 0 Å². The molecule has 0 radical (unpaired) electrons. The zero-order chi connectivity index (χ0) is 21.8. The molecule has 8 nitrogen and oxygen atoms in total. The van der Waals surface area contributed by atoms with Crippen LogP contribution >= 0.6 is 0 Å². The van der Waals surface area contributed by atoms with Crippen LogP contribution in [0, 0.1) is 20.8 Å². The summed E-state index contributed by atoms with van der Waals surface area (Å²) in [5.41, 5.74) is 2.70. The minimum atomic E-state index is -3.72. The van der Waals surface area contributed by atoms with Gasteiger partial charge in [-0.15, -0.1) is 0 Å². The summed E-state index contributed by atoms with van der Waals surface area (Å²) in [4.78, 5) is 38.7. The Hall–Kier alpha value is -2.78. The number of sulfonamides is 1. The summed E-state index contributed by atoms with van der Waals surface area (Å²) in [6.07, 6.45) is -0.222. The van der Waals surface area contributed by atoms with Gasteiger partial charge < -0.3 is 9.72 Å². The van der Waals surface area contributed by atoms with E-state index in [1.807, 2.05) is 6.92 Å². The number of nitrogens with one attached hydrogen (secondary N) is 2. The Morgan fingerprint density at radius 2 is 1.69 bits per heavy atom. The van der Waals surface area contributed by atoms with Gasteiger partial charge in [0, 0.05) is 17.8 Å². The van der Waals surface area contributed by atoms with Crippen LogP contribution in [0.5, 0.6) is 0 Å². The average Bonchev–Trinajstić information content (AvgIpc) is 2.94. The molecular weight excluding hydrogens is 396 g/mol. The summed E-state index contributed by atoms with van der Waals surface area (Å²) in [5.74, 6) is -1.34. The number of aromatic amines is 1. The predicted molar refractivity (Wildman–Crippen MR) is 107 cm³/mol. The van der Waals surface area contributed by atoms with Crippen molar-refractivity contribution in [2.75, 3.05) is 13.2 Å². The first-order valence-corrected chi connectivity index (χ1v) is 10.5. The third-order valence-electron chi connectivity index (χ3n) is 4.39. The van der Waals surface area contributed by atoms with Crippen molar-refractivity contribution in [3.8, 4) is 0 Å². The van der Waals surface area contributed by atoms with E-state index in [0.717, 1.165) is 5.56 Å². The second-order valence-corrected chi connectivity index (χ2v) is 8.49. The summed E-state index contributed by atoms with van der Waals surface area (Å²) in [6.45, 7) is 5.94. The van der Waals surface area contributed by atoms with E-state index in [-0.39, 0.29) is 29.3 Å². The molecule has 0 spiro atoms. The van der Waals surface area contributed by atoms with Crippen LogP contribution in [0.15, 0.2) is 29.2 Å². The van der Waals surface area contributed by atoms with Gasteiger partial charge in [-0.2, -0.15) is 0 Å². The maximum absolute atomic E-state index is 12.3. The molecule has 156 valence electrons. The number of H-pyrrole nitrogens is 1. The maximum atomic E-state index is 12.3. The summed E-state index contributed by atoms with van der Waals surface area (Å²) < 4.78 is 31.6. The molecule has 2 N–H and O–H groups in total. The van der Waals surface area contributed by atoms with E-state index in [2.05, 4.69) is 9.71 Å². The van der Waals surface area contributed by atoms with Crippen molar-refractivity contribution in [3.05, 3.63) is 52.3 Å². The molecule has 0 amide bonds. The number of esters is 1. The highest BCUT2D eigenvalue weighted by molar-refractivity contribution is 7.89. The number of hydrogen-bond acceptors (Lipinski definition) is 6. The first kappa shape index (κ1) is 22.5. The first-order chi connectivity index (χ1) is 13.5. The van der Waals surface area contributed by atoms with Crippen molar-refractivity contribution in [2.24, 2.45) is 0 Å². The maximum Gasteiger partial charge on any atom is 0.307 e. The van der Waals surface area contributed by atoms with Crippen molar-refractivity contribution in [1.29, 1.82) is 0 Å². The van der Waals surface area contributed by atoms with Crippen LogP contribution in [0.25, 0.3) is 0 Å². The number of carbonyl (C=O) groups excluding carboxylic acids is 3. The lowest BCUT2D eigenvalue weighted by molar-refractivity contribution is -0.142. The Morgan fingerprint density at radius 1 is 1.07 bits per heavy atom. The number of aromatic nitrogens is 1. The van der Waals surface area contributed by atoms with Crippen LogP contribution in [-0.4, -0.2) is 44.1 Å². The number of benzene rings is 1. The van der Waals surface area contributed by atoms with Gasteiger partial charge in [-0.25, -0.2) is 13.1 Å². The third kappa shape index (κ3) is 5.61. The molecule has 0 aliphatic rings. The SMILES string of the molecule is CC(=O)c1c(C)[nH]c(C(=O)COC(=O)CCNS(=O)(=O)c2ccc(C)cc2)c1C. The van der Waals surface area contributed by atoms with Crippen molar-refractivity contribution in [2.45, 2.75) is 39.0 Å². The van der Waals surface area contributed by atoms with Crippen LogP contribution in [0.2, 0.25) is 0 Å². The molecule has 9 heteroatoms. The standard InChI is InChI=1S/C20H24N2O6S/c1-12-5-7-16(8-6-12)29(26,27)21-10-9-18(25)28-11-17(24)20-13(2)19(15(4)23)14(3)22-20/h5-8,21-22H,9-11H2,1-4H3. The normalized spacial score (nSPS) is 11.3. The number of ether oxygens (including phenoxy) is 1. The van der Waals surface area contributed by atoms with E-state index in [1.165, 1.54) is 19.1 Å². The van der Waals surface area contributed by atoms with Gasteiger partial charge in [-0.3, -0.25) is 14.4 Å². The van der Waals surface area contributed by atoms with Gasteiger partial charge in [0.2, 0.25) is 15.8 Å². The molecule has 0 saturated heterocycles. The van der Waals surface area contributed by atoms with E-state index in [0.29, 0.717) is 16.8 Å². The van der Waals surface area contributed by atoms with Crippen LogP contribution in [-0.2, 0) is 19.6 Å². The first-order valence-electron chi connectivity index (χ1n) is 8.98. The highest BCUT2D eigenvalue weighted by Gasteiger charge is 2.21. The van der Waals surface area contributed by atoms with Gasteiger partial charge in [0.25, 0.3) is 0 Å². The molecule has 0 bridgehead atoms. The fraction of sp³-hybridized carbons (Fsp3) is 0.350. The molecule has 0 unspecified atom stereocenters. The summed E-state index contributed by atoms with van der Waals surface area (Å²) in [6, 6.07) is 6.31. The predicted octanol–water partition coefficient (Wildman–Crippen LogP) is 2.24. The number of rotatable bonds is 9. The van der Waals surface area contributed by atoms with Gasteiger partial charge in [-0.05, 0) is 45.4 Å². The highest BCUT2D eigenvalue weighted by atomic mass is 32.2. The number of carbonyl (C=O) groups is 3. The van der Waals surface area contributed by atoms with Crippen LogP contribution < -0.4 is 4.72 Å². The summed E-state index contributed by atoms with van der Waals surface area (Å²) >= 11 is 0. The summed E-state index contributed by atoms with van der Waals surface area (Å²) in [7, 11) is -3.72. The van der Waals surface area contributed by atoms with Crippen molar-refractivity contribution < 1.29 is 27.5 Å². The second kappa shape index (κ2) is 9.15. The lowest BCUT2D eigenvalue weighted by Crippen LogP contribution is -2.27. The van der Waals surface area contributed by atoms with Crippen molar-refractivity contribution >= 4 is 27.6 Å². The van der Waals surface area contributed by atoms with Gasteiger partial charge in [0.15, 0.2) is 12.4 Å².